The lowest BCUT2D eigenvalue weighted by molar-refractivity contribution is -0.166. The summed E-state index contributed by atoms with van der Waals surface area (Å²) in [6.45, 7) is 9.57. The Labute approximate surface area is 224 Å². The molecule has 0 aliphatic carbocycles. The maximum absolute atomic E-state index is 12.3. The quantitative estimate of drug-likeness (QED) is 0.157. The first kappa shape index (κ1) is 30.3. The van der Waals surface area contributed by atoms with Gasteiger partial charge in [-0.05, 0) is 58.4 Å². The molecule has 0 unspecified atom stereocenters. The summed E-state index contributed by atoms with van der Waals surface area (Å²) in [6.07, 6.45) is 5.95. The van der Waals surface area contributed by atoms with Crippen LogP contribution in [0.15, 0.2) is 23.8 Å². The lowest BCUT2D eigenvalue weighted by Crippen LogP contribution is -2.51. The van der Waals surface area contributed by atoms with Crippen LogP contribution in [0.25, 0.3) is 0 Å². The zero-order valence-corrected chi connectivity index (χ0v) is 23.1. The van der Waals surface area contributed by atoms with E-state index in [-0.39, 0.29) is 36.5 Å². The smallest absolute Gasteiger partial charge is 0.305 e. The number of aliphatic carboxylic acids is 1. The molecule has 9 atom stereocenters. The second kappa shape index (κ2) is 13.2. The maximum Gasteiger partial charge on any atom is 0.305 e. The van der Waals surface area contributed by atoms with Crippen LogP contribution in [0, 0.1) is 5.92 Å². The molecule has 3 aliphatic rings. The molecule has 3 aliphatic heterocycles. The summed E-state index contributed by atoms with van der Waals surface area (Å²) in [7, 11) is 0. The Morgan fingerprint density at radius 2 is 1.89 bits per heavy atom. The number of allylic oxidation sites excluding steroid dienone is 1. The van der Waals surface area contributed by atoms with Crippen molar-refractivity contribution >= 4 is 17.8 Å². The number of carbonyl (C=O) groups excluding carboxylic acids is 2. The van der Waals surface area contributed by atoms with E-state index in [1.165, 1.54) is 13.0 Å². The molecule has 3 N–H and O–H groups in total. The zero-order valence-electron chi connectivity index (χ0n) is 23.1. The Balaban J connectivity index is 1.45. The van der Waals surface area contributed by atoms with Crippen LogP contribution in [-0.2, 0) is 33.3 Å². The van der Waals surface area contributed by atoms with Crippen molar-refractivity contribution in [3.8, 4) is 0 Å². The van der Waals surface area contributed by atoms with E-state index in [2.05, 4.69) is 18.3 Å². The number of epoxide rings is 1. The van der Waals surface area contributed by atoms with E-state index in [4.69, 9.17) is 24.1 Å². The molecule has 0 aromatic rings. The van der Waals surface area contributed by atoms with Gasteiger partial charge < -0.3 is 34.5 Å². The van der Waals surface area contributed by atoms with Gasteiger partial charge in [-0.2, -0.15) is 0 Å². The highest BCUT2D eigenvalue weighted by atomic mass is 16.6. The van der Waals surface area contributed by atoms with E-state index in [9.17, 15) is 19.5 Å². The van der Waals surface area contributed by atoms with Crippen LogP contribution in [0.2, 0.25) is 0 Å². The highest BCUT2D eigenvalue weighted by Crippen LogP contribution is 2.44. The minimum Gasteiger partial charge on any atom is -0.481 e. The summed E-state index contributed by atoms with van der Waals surface area (Å²) < 4.78 is 22.7. The molecule has 1 amide bonds. The van der Waals surface area contributed by atoms with Gasteiger partial charge in [0, 0.05) is 19.4 Å². The number of carboxylic acids is 1. The lowest BCUT2D eigenvalue weighted by Gasteiger charge is -2.39. The number of hydrogen-bond donors (Lipinski definition) is 3. The fourth-order valence-electron chi connectivity index (χ4n) is 5.39. The molecule has 3 heterocycles. The van der Waals surface area contributed by atoms with Gasteiger partial charge in [0.15, 0.2) is 0 Å². The van der Waals surface area contributed by atoms with Crippen molar-refractivity contribution in [3.63, 3.8) is 0 Å². The number of carboxylic acid groups (broad SMARTS) is 1. The van der Waals surface area contributed by atoms with Gasteiger partial charge in [-0.15, -0.1) is 0 Å². The van der Waals surface area contributed by atoms with Crippen molar-refractivity contribution in [3.05, 3.63) is 23.8 Å². The number of rotatable bonds is 11. The average Bonchev–Trinajstić information content (AvgIpc) is 3.59. The fraction of sp³-hybridized carbons (Fsp3) is 0.750. The van der Waals surface area contributed by atoms with Crippen molar-refractivity contribution in [2.24, 2.45) is 5.92 Å². The van der Waals surface area contributed by atoms with E-state index in [0.717, 1.165) is 18.4 Å². The van der Waals surface area contributed by atoms with Gasteiger partial charge in [0.1, 0.15) is 17.8 Å². The first-order valence-corrected chi connectivity index (χ1v) is 13.5. The topological polar surface area (TPSA) is 144 Å². The van der Waals surface area contributed by atoms with Crippen molar-refractivity contribution in [2.75, 3.05) is 6.61 Å². The van der Waals surface area contributed by atoms with Gasteiger partial charge >= 0.3 is 11.9 Å². The van der Waals surface area contributed by atoms with Crippen molar-refractivity contribution < 1.29 is 43.5 Å². The minimum absolute atomic E-state index is 0.0206. The lowest BCUT2D eigenvalue weighted by atomic mass is 9.85. The van der Waals surface area contributed by atoms with Gasteiger partial charge in [0.25, 0.3) is 0 Å². The molecular formula is C28H43NO9. The van der Waals surface area contributed by atoms with E-state index in [1.54, 1.807) is 13.0 Å². The highest BCUT2D eigenvalue weighted by Gasteiger charge is 2.58. The number of aliphatic hydroxyl groups is 1. The number of esters is 1. The number of hydrogen-bond acceptors (Lipinski definition) is 8. The zero-order chi connectivity index (χ0) is 28.0. The number of ether oxygens (including phenoxy) is 4. The molecule has 3 fully saturated rings. The van der Waals surface area contributed by atoms with Gasteiger partial charge in [-0.1, -0.05) is 18.6 Å². The molecule has 0 bridgehead atoms. The third-order valence-electron chi connectivity index (χ3n) is 7.69. The highest BCUT2D eigenvalue weighted by molar-refractivity contribution is 5.87. The Kier molecular flexibility index (Phi) is 10.5. The molecule has 0 saturated carbocycles. The number of amides is 1. The van der Waals surface area contributed by atoms with Gasteiger partial charge in [-0.3, -0.25) is 14.4 Å². The van der Waals surface area contributed by atoms with Crippen LogP contribution in [0.5, 0.6) is 0 Å². The summed E-state index contributed by atoms with van der Waals surface area (Å²) >= 11 is 0. The summed E-state index contributed by atoms with van der Waals surface area (Å²) in [5.41, 5.74) is 0.502. The molecule has 38 heavy (non-hydrogen) atoms. The van der Waals surface area contributed by atoms with Crippen LogP contribution < -0.4 is 5.32 Å². The number of carbonyl (C=O) groups is 3. The van der Waals surface area contributed by atoms with Crippen molar-refractivity contribution in [1.29, 1.82) is 0 Å². The second-order valence-corrected chi connectivity index (χ2v) is 11.1. The van der Waals surface area contributed by atoms with Crippen LogP contribution in [0.1, 0.15) is 73.1 Å². The minimum atomic E-state index is -0.917. The molecule has 3 saturated heterocycles. The molecule has 10 heteroatoms. The maximum atomic E-state index is 12.3. The van der Waals surface area contributed by atoms with E-state index in [0.29, 0.717) is 25.9 Å². The molecule has 214 valence electrons. The molecule has 0 radical (unpaired) electrons. The standard InChI is InChI=1S/C28H43NO9/c1-16(7-10-24-27(34)28(15-35-28)14-21(38-24)13-26(32)33)6-9-23-17(2)12-22(19(4)37-23)29-25(31)11-8-18(3)36-20(5)30/h6,8,11,17-19,21-24,27,34H,7,9-10,12-15H2,1-5H3,(H,29,31)(H,32,33)/b11-8-,16-6+/t17-,18-,19+,21+,22+,23-,24+,27+,28+/m0/s1. The first-order chi connectivity index (χ1) is 17.9. The predicted molar refractivity (Wildman–Crippen MR) is 138 cm³/mol. The van der Waals surface area contributed by atoms with Crippen LogP contribution in [0.3, 0.4) is 0 Å². The number of nitrogens with one attached hydrogen (secondary N) is 1. The predicted octanol–water partition coefficient (Wildman–Crippen LogP) is 2.67. The Morgan fingerprint density at radius 1 is 1.18 bits per heavy atom. The fourth-order valence-corrected chi connectivity index (χ4v) is 5.39. The monoisotopic (exact) mass is 537 g/mol. The van der Waals surface area contributed by atoms with Crippen molar-refractivity contribution in [2.45, 2.75) is 121 Å². The summed E-state index contributed by atoms with van der Waals surface area (Å²) in [5, 5.41) is 22.9. The second-order valence-electron chi connectivity index (χ2n) is 11.1. The summed E-state index contributed by atoms with van der Waals surface area (Å²) in [4.78, 5) is 34.5. The molecule has 1 spiro atoms. The van der Waals surface area contributed by atoms with Crippen LogP contribution in [-0.4, -0.2) is 82.9 Å². The third-order valence-corrected chi connectivity index (χ3v) is 7.69. The molecule has 3 rings (SSSR count). The van der Waals surface area contributed by atoms with Gasteiger partial charge in [0.2, 0.25) is 5.91 Å². The first-order valence-electron chi connectivity index (χ1n) is 13.5. The summed E-state index contributed by atoms with van der Waals surface area (Å²) in [5.74, 6) is -1.33. The number of aliphatic hydroxyl groups excluding tert-OH is 1. The van der Waals surface area contributed by atoms with E-state index >= 15 is 0 Å². The average molecular weight is 538 g/mol. The Morgan fingerprint density at radius 3 is 2.53 bits per heavy atom. The molecule has 0 aromatic heterocycles. The Bertz CT molecular complexity index is 912. The molecular weight excluding hydrogens is 494 g/mol. The van der Waals surface area contributed by atoms with Gasteiger partial charge in [-0.25, -0.2) is 0 Å². The molecule has 0 aromatic carbocycles. The van der Waals surface area contributed by atoms with Crippen LogP contribution >= 0.6 is 0 Å². The van der Waals surface area contributed by atoms with E-state index < -0.39 is 42.0 Å². The van der Waals surface area contributed by atoms with Crippen molar-refractivity contribution in [1.82, 2.24) is 5.32 Å². The van der Waals surface area contributed by atoms with Crippen LogP contribution in [0.4, 0.5) is 0 Å². The Hall–Kier alpha value is -2.27. The van der Waals surface area contributed by atoms with Gasteiger partial charge in [0.05, 0.1) is 43.5 Å². The SMILES string of the molecule is CC(=O)O[C@@H](C)/C=C\C(=O)N[C@@H]1C[C@H](C)[C@H](C/C=C(\C)CC[C@H]2O[C@H](CC(=O)O)C[C@@]3(CO3)[C@@H]2O)O[C@@H]1C. The largest absolute Gasteiger partial charge is 0.481 e. The van der Waals surface area contributed by atoms with E-state index in [1.807, 2.05) is 13.8 Å². The third kappa shape index (κ3) is 8.62. The molecule has 10 nitrogen and oxygen atoms in total. The normalized spacial score (nSPS) is 36.2. The summed E-state index contributed by atoms with van der Waals surface area (Å²) in [6, 6.07) is -0.117.